The molecule has 1 rings (SSSR count). The number of ketones is 1. The molecular weight excluding hydrogens is 216 g/mol. The van der Waals surface area contributed by atoms with E-state index in [0.29, 0.717) is 10.6 Å². The molecule has 0 fully saturated rings. The summed E-state index contributed by atoms with van der Waals surface area (Å²) < 4.78 is 0. The van der Waals surface area contributed by atoms with Gasteiger partial charge < -0.3 is 5.11 Å². The van der Waals surface area contributed by atoms with Crippen LogP contribution in [0.5, 0.6) is 0 Å². The summed E-state index contributed by atoms with van der Waals surface area (Å²) in [5.74, 6) is -1.77. The van der Waals surface area contributed by atoms with Crippen molar-refractivity contribution in [1.82, 2.24) is 0 Å². The first-order valence-electron chi connectivity index (χ1n) is 4.53. The first-order chi connectivity index (χ1) is 7.02. The Bertz CT molecular complexity index is 387. The van der Waals surface area contributed by atoms with Crippen molar-refractivity contribution in [3.63, 3.8) is 0 Å². The molecule has 0 radical (unpaired) electrons. The number of carboxylic acid groups (broad SMARTS) is 1. The van der Waals surface area contributed by atoms with Crippen LogP contribution in [0.1, 0.15) is 23.7 Å². The van der Waals surface area contributed by atoms with Crippen molar-refractivity contribution in [3.8, 4) is 0 Å². The van der Waals surface area contributed by atoms with Crippen LogP contribution in [0.2, 0.25) is 5.02 Å². The van der Waals surface area contributed by atoms with Crippen molar-refractivity contribution in [3.05, 3.63) is 34.9 Å². The van der Waals surface area contributed by atoms with Crippen molar-refractivity contribution < 1.29 is 14.7 Å². The van der Waals surface area contributed by atoms with Gasteiger partial charge in [-0.1, -0.05) is 30.7 Å². The highest BCUT2D eigenvalue weighted by Crippen LogP contribution is 2.20. The Labute approximate surface area is 92.7 Å². The van der Waals surface area contributed by atoms with Crippen LogP contribution in [0.4, 0.5) is 0 Å². The molecule has 3 nitrogen and oxygen atoms in total. The van der Waals surface area contributed by atoms with Gasteiger partial charge in [-0.25, -0.2) is 0 Å². The summed E-state index contributed by atoms with van der Waals surface area (Å²) in [5, 5.41) is 8.92. The third-order valence-corrected chi connectivity index (χ3v) is 2.40. The van der Waals surface area contributed by atoms with E-state index in [-0.39, 0.29) is 12.2 Å². The molecule has 1 aromatic carbocycles. The van der Waals surface area contributed by atoms with E-state index in [9.17, 15) is 9.59 Å². The summed E-state index contributed by atoms with van der Waals surface area (Å²) in [4.78, 5) is 22.2. The molecule has 0 heterocycles. The Morgan fingerprint density at radius 1 is 1.40 bits per heavy atom. The standard InChI is InChI=1S/C11H11ClO3/c1-7(6-10(13)14)11(15)8-4-2-3-5-9(8)12/h2-5,7H,6H2,1H3,(H,13,14). The van der Waals surface area contributed by atoms with Gasteiger partial charge in [0.1, 0.15) is 0 Å². The highest BCUT2D eigenvalue weighted by Gasteiger charge is 2.19. The van der Waals surface area contributed by atoms with Crippen LogP contribution in [-0.4, -0.2) is 16.9 Å². The Balaban J connectivity index is 2.85. The molecule has 0 bridgehead atoms. The number of benzene rings is 1. The Morgan fingerprint density at radius 2 is 2.00 bits per heavy atom. The summed E-state index contributed by atoms with van der Waals surface area (Å²) in [6.07, 6.45) is -0.177. The van der Waals surface area contributed by atoms with Crippen molar-refractivity contribution in [2.45, 2.75) is 13.3 Å². The molecule has 0 aromatic heterocycles. The summed E-state index contributed by atoms with van der Waals surface area (Å²) >= 11 is 5.83. The quantitative estimate of drug-likeness (QED) is 0.803. The maximum absolute atomic E-state index is 11.8. The number of carboxylic acids is 1. The molecule has 1 atom stereocenters. The predicted molar refractivity (Wildman–Crippen MR) is 57.2 cm³/mol. The van der Waals surface area contributed by atoms with Crippen molar-refractivity contribution in [2.24, 2.45) is 5.92 Å². The molecule has 1 unspecified atom stereocenters. The molecule has 0 aliphatic carbocycles. The van der Waals surface area contributed by atoms with E-state index >= 15 is 0 Å². The fourth-order valence-electron chi connectivity index (χ4n) is 1.28. The normalized spacial score (nSPS) is 12.1. The van der Waals surface area contributed by atoms with Gasteiger partial charge in [-0.3, -0.25) is 9.59 Å². The fourth-order valence-corrected chi connectivity index (χ4v) is 1.51. The van der Waals surface area contributed by atoms with Gasteiger partial charge in [-0.2, -0.15) is 0 Å². The number of rotatable bonds is 4. The van der Waals surface area contributed by atoms with E-state index in [2.05, 4.69) is 0 Å². The maximum Gasteiger partial charge on any atom is 0.304 e. The van der Waals surface area contributed by atoms with E-state index < -0.39 is 11.9 Å². The van der Waals surface area contributed by atoms with Gasteiger partial charge in [0.15, 0.2) is 5.78 Å². The lowest BCUT2D eigenvalue weighted by atomic mass is 9.96. The summed E-state index contributed by atoms with van der Waals surface area (Å²) in [6.45, 7) is 1.58. The van der Waals surface area contributed by atoms with Crippen LogP contribution in [0.15, 0.2) is 24.3 Å². The lowest BCUT2D eigenvalue weighted by Gasteiger charge is -2.08. The number of hydrogen-bond donors (Lipinski definition) is 1. The summed E-state index contributed by atoms with van der Waals surface area (Å²) in [6, 6.07) is 6.64. The van der Waals surface area contributed by atoms with Gasteiger partial charge in [-0.05, 0) is 12.1 Å². The molecule has 0 spiro atoms. The largest absolute Gasteiger partial charge is 0.481 e. The van der Waals surface area contributed by atoms with Crippen LogP contribution in [0.3, 0.4) is 0 Å². The van der Waals surface area contributed by atoms with Gasteiger partial charge in [0.05, 0.1) is 11.4 Å². The van der Waals surface area contributed by atoms with Gasteiger partial charge in [0.25, 0.3) is 0 Å². The number of aliphatic carboxylic acids is 1. The zero-order chi connectivity index (χ0) is 11.4. The second kappa shape index (κ2) is 4.94. The molecule has 15 heavy (non-hydrogen) atoms. The topological polar surface area (TPSA) is 54.4 Å². The van der Waals surface area contributed by atoms with Crippen LogP contribution < -0.4 is 0 Å². The SMILES string of the molecule is CC(CC(=O)O)C(=O)c1ccccc1Cl. The molecule has 4 heteroatoms. The first kappa shape index (κ1) is 11.7. The second-order valence-corrected chi connectivity index (χ2v) is 3.75. The molecule has 80 valence electrons. The highest BCUT2D eigenvalue weighted by atomic mass is 35.5. The van der Waals surface area contributed by atoms with E-state index in [1.165, 1.54) is 0 Å². The van der Waals surface area contributed by atoms with E-state index in [4.69, 9.17) is 16.7 Å². The zero-order valence-corrected chi connectivity index (χ0v) is 8.99. The number of Topliss-reactive ketones (excluding diaryl/α,β-unsaturated/α-hetero) is 1. The van der Waals surface area contributed by atoms with Gasteiger partial charge >= 0.3 is 5.97 Å². The molecule has 0 saturated carbocycles. The van der Waals surface area contributed by atoms with Crippen LogP contribution in [0, 0.1) is 5.92 Å². The van der Waals surface area contributed by atoms with Gasteiger partial charge in [0, 0.05) is 11.5 Å². The van der Waals surface area contributed by atoms with Crippen molar-refractivity contribution in [1.29, 1.82) is 0 Å². The third-order valence-electron chi connectivity index (χ3n) is 2.07. The third kappa shape index (κ3) is 3.06. The lowest BCUT2D eigenvalue weighted by molar-refractivity contribution is -0.137. The smallest absolute Gasteiger partial charge is 0.304 e. The Kier molecular flexibility index (Phi) is 3.86. The molecular formula is C11H11ClO3. The molecule has 0 saturated heterocycles. The van der Waals surface area contributed by atoms with Gasteiger partial charge in [-0.15, -0.1) is 0 Å². The van der Waals surface area contributed by atoms with Gasteiger partial charge in [0.2, 0.25) is 0 Å². The fraction of sp³-hybridized carbons (Fsp3) is 0.273. The average Bonchev–Trinajstić information content (AvgIpc) is 2.16. The van der Waals surface area contributed by atoms with E-state index in [0.717, 1.165) is 0 Å². The van der Waals surface area contributed by atoms with Crippen LogP contribution in [0.25, 0.3) is 0 Å². The number of hydrogen-bond acceptors (Lipinski definition) is 2. The molecule has 0 aliphatic heterocycles. The second-order valence-electron chi connectivity index (χ2n) is 3.34. The predicted octanol–water partition coefficient (Wildman–Crippen LogP) is 2.63. The van der Waals surface area contributed by atoms with E-state index in [1.54, 1.807) is 31.2 Å². The minimum absolute atomic E-state index is 0.177. The Hall–Kier alpha value is -1.35. The van der Waals surface area contributed by atoms with E-state index in [1.807, 2.05) is 0 Å². The first-order valence-corrected chi connectivity index (χ1v) is 4.90. The van der Waals surface area contributed by atoms with Crippen molar-refractivity contribution >= 4 is 23.4 Å². The van der Waals surface area contributed by atoms with Crippen LogP contribution >= 0.6 is 11.6 Å². The minimum atomic E-state index is -0.983. The molecule has 1 N–H and O–H groups in total. The van der Waals surface area contributed by atoms with Crippen molar-refractivity contribution in [2.75, 3.05) is 0 Å². The molecule has 1 aromatic rings. The zero-order valence-electron chi connectivity index (χ0n) is 8.24. The summed E-state index contributed by atoms with van der Waals surface area (Å²) in [5.41, 5.74) is 0.382. The monoisotopic (exact) mass is 226 g/mol. The Morgan fingerprint density at radius 3 is 2.53 bits per heavy atom. The number of halogens is 1. The average molecular weight is 227 g/mol. The number of carbonyl (C=O) groups excluding carboxylic acids is 1. The van der Waals surface area contributed by atoms with Crippen LogP contribution in [-0.2, 0) is 4.79 Å². The number of carbonyl (C=O) groups is 2. The summed E-state index contributed by atoms with van der Waals surface area (Å²) in [7, 11) is 0. The maximum atomic E-state index is 11.8. The molecule has 0 aliphatic rings. The molecule has 0 amide bonds. The minimum Gasteiger partial charge on any atom is -0.481 e. The lowest BCUT2D eigenvalue weighted by Crippen LogP contribution is -2.15. The highest BCUT2D eigenvalue weighted by molar-refractivity contribution is 6.34.